The van der Waals surface area contributed by atoms with Crippen molar-refractivity contribution in [1.29, 1.82) is 10.5 Å². The minimum Gasteiger partial charge on any atom is -0.324 e. The SMILES string of the molecule is CCCCCn1c2ccc(C(C)(C)C)cc2c2nc(C#N)c(C#N)nc21. The van der Waals surface area contributed by atoms with Gasteiger partial charge in [0, 0.05) is 11.9 Å². The number of unbranched alkanes of at least 4 members (excludes halogenated alkanes) is 2. The van der Waals surface area contributed by atoms with Gasteiger partial charge in [0.2, 0.25) is 0 Å². The number of aryl methyl sites for hydroxylation is 1. The van der Waals surface area contributed by atoms with Crippen LogP contribution in [-0.4, -0.2) is 14.5 Å². The van der Waals surface area contributed by atoms with Crippen LogP contribution in [0.1, 0.15) is 63.9 Å². The van der Waals surface area contributed by atoms with E-state index < -0.39 is 0 Å². The maximum absolute atomic E-state index is 9.33. The molecule has 132 valence electrons. The molecule has 0 spiro atoms. The van der Waals surface area contributed by atoms with Gasteiger partial charge in [-0.15, -0.1) is 0 Å². The van der Waals surface area contributed by atoms with Gasteiger partial charge in [0.15, 0.2) is 17.0 Å². The fraction of sp³-hybridized carbons (Fsp3) is 0.429. The highest BCUT2D eigenvalue weighted by molar-refractivity contribution is 6.05. The largest absolute Gasteiger partial charge is 0.324 e. The molecular formula is C21H23N5. The maximum atomic E-state index is 9.33. The molecule has 5 nitrogen and oxygen atoms in total. The van der Waals surface area contributed by atoms with E-state index in [-0.39, 0.29) is 16.8 Å². The standard InChI is InChI=1S/C21H23N5/c1-5-6-7-10-26-18-9-8-14(21(2,3)4)11-15(18)19-20(26)25-17(13-23)16(12-22)24-19/h8-9,11H,5-7,10H2,1-4H3. The molecule has 0 aliphatic heterocycles. The number of nitrogens with zero attached hydrogens (tertiary/aromatic N) is 5. The molecular weight excluding hydrogens is 322 g/mol. The molecule has 1 aromatic carbocycles. The zero-order chi connectivity index (χ0) is 18.9. The van der Waals surface area contributed by atoms with Gasteiger partial charge < -0.3 is 4.57 Å². The van der Waals surface area contributed by atoms with E-state index in [4.69, 9.17) is 0 Å². The maximum Gasteiger partial charge on any atom is 0.179 e. The van der Waals surface area contributed by atoms with Crippen molar-refractivity contribution in [3.63, 3.8) is 0 Å². The van der Waals surface area contributed by atoms with E-state index in [9.17, 15) is 10.5 Å². The lowest BCUT2D eigenvalue weighted by atomic mass is 9.86. The van der Waals surface area contributed by atoms with Gasteiger partial charge in [-0.05, 0) is 29.5 Å². The first kappa shape index (κ1) is 17.9. The lowest BCUT2D eigenvalue weighted by molar-refractivity contribution is 0.591. The van der Waals surface area contributed by atoms with Crippen LogP contribution in [0.3, 0.4) is 0 Å². The number of hydrogen-bond donors (Lipinski definition) is 0. The van der Waals surface area contributed by atoms with Crippen molar-refractivity contribution in [2.24, 2.45) is 0 Å². The van der Waals surface area contributed by atoms with E-state index in [1.54, 1.807) is 0 Å². The molecule has 0 amide bonds. The van der Waals surface area contributed by atoms with Crippen LogP contribution in [0.15, 0.2) is 18.2 Å². The Balaban J connectivity index is 2.34. The average Bonchev–Trinajstić information content (AvgIpc) is 2.92. The minimum atomic E-state index is 0.0168. The van der Waals surface area contributed by atoms with Gasteiger partial charge >= 0.3 is 0 Å². The van der Waals surface area contributed by atoms with Crippen molar-refractivity contribution < 1.29 is 0 Å². The number of aromatic nitrogens is 3. The van der Waals surface area contributed by atoms with Crippen LogP contribution in [0.25, 0.3) is 22.1 Å². The molecule has 2 heterocycles. The highest BCUT2D eigenvalue weighted by Gasteiger charge is 2.20. The zero-order valence-electron chi connectivity index (χ0n) is 15.8. The van der Waals surface area contributed by atoms with Crippen molar-refractivity contribution in [3.05, 3.63) is 35.2 Å². The number of fused-ring (bicyclic) bond motifs is 3. The predicted octanol–water partition coefficient (Wildman–Crippen LogP) is 4.82. The van der Waals surface area contributed by atoms with Gasteiger partial charge in [0.25, 0.3) is 0 Å². The summed E-state index contributed by atoms with van der Waals surface area (Å²) in [5, 5.41) is 19.7. The quantitative estimate of drug-likeness (QED) is 0.635. The number of hydrogen-bond acceptors (Lipinski definition) is 4. The molecule has 3 rings (SSSR count). The van der Waals surface area contributed by atoms with Crippen molar-refractivity contribution in [2.45, 2.75) is 58.9 Å². The molecule has 0 atom stereocenters. The van der Waals surface area contributed by atoms with E-state index in [0.29, 0.717) is 11.2 Å². The Bertz CT molecular complexity index is 1050. The van der Waals surface area contributed by atoms with E-state index in [0.717, 1.165) is 36.7 Å². The van der Waals surface area contributed by atoms with Crippen molar-refractivity contribution in [1.82, 2.24) is 14.5 Å². The fourth-order valence-electron chi connectivity index (χ4n) is 3.24. The topological polar surface area (TPSA) is 78.3 Å². The summed E-state index contributed by atoms with van der Waals surface area (Å²) >= 11 is 0. The van der Waals surface area contributed by atoms with Crippen molar-refractivity contribution in [2.75, 3.05) is 0 Å². The third kappa shape index (κ3) is 3.02. The second kappa shape index (κ2) is 6.77. The smallest absolute Gasteiger partial charge is 0.179 e. The second-order valence-electron chi connectivity index (χ2n) is 7.66. The highest BCUT2D eigenvalue weighted by atomic mass is 15.1. The summed E-state index contributed by atoms with van der Waals surface area (Å²) in [5.74, 6) is 0. The van der Waals surface area contributed by atoms with Gasteiger partial charge in [-0.3, -0.25) is 0 Å². The molecule has 0 N–H and O–H groups in total. The average molecular weight is 345 g/mol. The molecule has 3 aromatic rings. The summed E-state index contributed by atoms with van der Waals surface area (Å²) in [7, 11) is 0. The van der Waals surface area contributed by atoms with E-state index >= 15 is 0 Å². The Morgan fingerprint density at radius 2 is 1.73 bits per heavy atom. The molecule has 2 aromatic heterocycles. The number of benzene rings is 1. The van der Waals surface area contributed by atoms with Crippen LogP contribution in [-0.2, 0) is 12.0 Å². The third-order valence-electron chi connectivity index (χ3n) is 4.74. The van der Waals surface area contributed by atoms with Gasteiger partial charge in [-0.25, -0.2) is 9.97 Å². The Morgan fingerprint density at radius 1 is 1.04 bits per heavy atom. The Hall–Kier alpha value is -2.92. The number of nitriles is 2. The summed E-state index contributed by atoms with van der Waals surface area (Å²) in [6.45, 7) is 9.53. The molecule has 5 heteroatoms. The summed E-state index contributed by atoms with van der Waals surface area (Å²) in [6.07, 6.45) is 3.31. The normalized spacial score (nSPS) is 11.6. The summed E-state index contributed by atoms with van der Waals surface area (Å²) in [4.78, 5) is 8.99. The van der Waals surface area contributed by atoms with Gasteiger partial charge in [-0.1, -0.05) is 46.6 Å². The number of rotatable bonds is 4. The van der Waals surface area contributed by atoms with Crippen LogP contribution >= 0.6 is 0 Å². The monoisotopic (exact) mass is 345 g/mol. The fourth-order valence-corrected chi connectivity index (χ4v) is 3.24. The molecule has 0 saturated heterocycles. The van der Waals surface area contributed by atoms with Crippen molar-refractivity contribution in [3.8, 4) is 12.1 Å². The first-order valence-electron chi connectivity index (χ1n) is 9.05. The highest BCUT2D eigenvalue weighted by Crippen LogP contribution is 2.32. The molecule has 0 saturated carbocycles. The molecule has 0 bridgehead atoms. The Kier molecular flexibility index (Phi) is 4.66. The first-order valence-corrected chi connectivity index (χ1v) is 9.05. The third-order valence-corrected chi connectivity index (χ3v) is 4.74. The predicted molar refractivity (Wildman–Crippen MR) is 103 cm³/mol. The summed E-state index contributed by atoms with van der Waals surface area (Å²) in [6, 6.07) is 10.4. The first-order chi connectivity index (χ1) is 12.4. The van der Waals surface area contributed by atoms with Crippen LogP contribution < -0.4 is 0 Å². The molecule has 0 unspecified atom stereocenters. The van der Waals surface area contributed by atoms with Crippen molar-refractivity contribution >= 4 is 22.1 Å². The Morgan fingerprint density at radius 3 is 2.35 bits per heavy atom. The van der Waals surface area contributed by atoms with Crippen LogP contribution in [0.4, 0.5) is 0 Å². The van der Waals surface area contributed by atoms with Gasteiger partial charge in [-0.2, -0.15) is 10.5 Å². The molecule has 0 radical (unpaired) electrons. The van der Waals surface area contributed by atoms with E-state index in [1.165, 1.54) is 5.56 Å². The lowest BCUT2D eigenvalue weighted by Gasteiger charge is -2.19. The lowest BCUT2D eigenvalue weighted by Crippen LogP contribution is -2.10. The Labute approximate surface area is 153 Å². The molecule has 26 heavy (non-hydrogen) atoms. The molecule has 0 fully saturated rings. The van der Waals surface area contributed by atoms with E-state index in [1.807, 2.05) is 12.1 Å². The minimum absolute atomic E-state index is 0.0168. The van der Waals surface area contributed by atoms with Gasteiger partial charge in [0.05, 0.1) is 5.52 Å². The van der Waals surface area contributed by atoms with Gasteiger partial charge in [0.1, 0.15) is 17.7 Å². The summed E-state index contributed by atoms with van der Waals surface area (Å²) in [5.41, 5.74) is 3.87. The summed E-state index contributed by atoms with van der Waals surface area (Å²) < 4.78 is 2.14. The second-order valence-corrected chi connectivity index (χ2v) is 7.66. The molecule has 0 aliphatic rings. The molecule has 0 aliphatic carbocycles. The zero-order valence-corrected chi connectivity index (χ0v) is 15.8. The van der Waals surface area contributed by atoms with Crippen LogP contribution in [0, 0.1) is 22.7 Å². The van der Waals surface area contributed by atoms with E-state index in [2.05, 4.69) is 60.4 Å². The van der Waals surface area contributed by atoms with Crippen LogP contribution in [0.2, 0.25) is 0 Å². The van der Waals surface area contributed by atoms with Crippen LogP contribution in [0.5, 0.6) is 0 Å².